The predicted molar refractivity (Wildman–Crippen MR) is 133 cm³/mol. The fourth-order valence-electron chi connectivity index (χ4n) is 4.47. The molecule has 0 aromatic heterocycles. The van der Waals surface area contributed by atoms with E-state index in [1.165, 1.54) is 16.7 Å². The van der Waals surface area contributed by atoms with Crippen molar-refractivity contribution in [1.29, 1.82) is 0 Å². The van der Waals surface area contributed by atoms with Crippen molar-refractivity contribution in [2.75, 3.05) is 13.2 Å². The van der Waals surface area contributed by atoms with Crippen LogP contribution in [0.25, 0.3) is 0 Å². The molecule has 1 amide bonds. The van der Waals surface area contributed by atoms with Gasteiger partial charge in [-0.1, -0.05) is 45.0 Å². The van der Waals surface area contributed by atoms with Crippen LogP contribution in [0.5, 0.6) is 11.5 Å². The molecular formula is C28H41NO4. The number of carbonyl (C=O) groups excluding carboxylic acids is 1. The minimum Gasteiger partial charge on any atom is -0.493 e. The van der Waals surface area contributed by atoms with Gasteiger partial charge in [-0.2, -0.15) is 0 Å². The average Bonchev–Trinajstić information content (AvgIpc) is 2.82. The Balaban J connectivity index is 2.12. The van der Waals surface area contributed by atoms with Gasteiger partial charge >= 0.3 is 0 Å². The van der Waals surface area contributed by atoms with Crippen molar-refractivity contribution >= 4 is 5.91 Å². The number of carbonyl (C=O) groups is 1. The lowest BCUT2D eigenvalue weighted by atomic mass is 9.70. The van der Waals surface area contributed by atoms with Crippen LogP contribution in [0.15, 0.2) is 36.4 Å². The normalized spacial score (nSPS) is 11.3. The SMILES string of the molecule is CCCOc1ccc(C(CC)(CC)c2ccc(OCCCCCC(=O)NO)c(C)c2)cc1C. The van der Waals surface area contributed by atoms with E-state index < -0.39 is 0 Å². The largest absolute Gasteiger partial charge is 0.493 e. The standard InChI is InChI=1S/C28H41NO4/c1-6-17-32-25-15-13-23(19-21(25)4)28(7-2,8-3)24-14-16-26(22(5)20-24)33-18-11-9-10-12-27(30)29-31/h13-16,19-20,31H,6-12,17-18H2,1-5H3,(H,29,30). The zero-order valence-corrected chi connectivity index (χ0v) is 21.0. The lowest BCUT2D eigenvalue weighted by molar-refractivity contribution is -0.129. The predicted octanol–water partition coefficient (Wildman–Crippen LogP) is 6.64. The number of benzene rings is 2. The third kappa shape index (κ3) is 6.97. The van der Waals surface area contributed by atoms with E-state index in [1.54, 1.807) is 5.48 Å². The number of unbranched alkanes of at least 4 members (excludes halogenated alkanes) is 2. The first kappa shape index (κ1) is 26.7. The van der Waals surface area contributed by atoms with E-state index in [9.17, 15) is 4.79 Å². The average molecular weight is 456 g/mol. The summed E-state index contributed by atoms with van der Waals surface area (Å²) in [5.74, 6) is 1.54. The Bertz CT molecular complexity index is 889. The van der Waals surface area contributed by atoms with E-state index in [-0.39, 0.29) is 11.3 Å². The first-order chi connectivity index (χ1) is 15.9. The second-order valence-corrected chi connectivity index (χ2v) is 8.79. The fraction of sp³-hybridized carbons (Fsp3) is 0.536. The van der Waals surface area contributed by atoms with Crippen molar-refractivity contribution in [3.05, 3.63) is 58.7 Å². The number of amides is 1. The summed E-state index contributed by atoms with van der Waals surface area (Å²) < 4.78 is 11.9. The lowest BCUT2D eigenvalue weighted by Gasteiger charge is -2.34. The van der Waals surface area contributed by atoms with Crippen LogP contribution in [0.1, 0.15) is 88.0 Å². The van der Waals surface area contributed by atoms with Gasteiger partial charge in [-0.05, 0) is 86.8 Å². The number of hydrogen-bond acceptors (Lipinski definition) is 4. The van der Waals surface area contributed by atoms with Gasteiger partial charge in [0.15, 0.2) is 0 Å². The van der Waals surface area contributed by atoms with Crippen molar-refractivity contribution in [2.45, 2.75) is 85.0 Å². The van der Waals surface area contributed by atoms with Crippen molar-refractivity contribution in [3.63, 3.8) is 0 Å². The molecule has 0 aliphatic heterocycles. The van der Waals surface area contributed by atoms with Gasteiger partial charge in [0.2, 0.25) is 5.91 Å². The maximum Gasteiger partial charge on any atom is 0.243 e. The molecule has 0 unspecified atom stereocenters. The zero-order chi connectivity index (χ0) is 24.3. The van der Waals surface area contributed by atoms with E-state index >= 15 is 0 Å². The van der Waals surface area contributed by atoms with Crippen molar-refractivity contribution in [3.8, 4) is 11.5 Å². The second kappa shape index (κ2) is 13.2. The molecule has 0 bridgehead atoms. The summed E-state index contributed by atoms with van der Waals surface area (Å²) in [5, 5.41) is 8.53. The van der Waals surface area contributed by atoms with Crippen LogP contribution in [0.3, 0.4) is 0 Å². The Morgan fingerprint density at radius 3 is 1.85 bits per heavy atom. The summed E-state index contributed by atoms with van der Waals surface area (Å²) in [5.41, 5.74) is 6.57. The van der Waals surface area contributed by atoms with Gasteiger partial charge in [0.05, 0.1) is 13.2 Å². The van der Waals surface area contributed by atoms with Gasteiger partial charge in [-0.25, -0.2) is 5.48 Å². The van der Waals surface area contributed by atoms with Crippen LogP contribution in [0.2, 0.25) is 0 Å². The Kier molecular flexibility index (Phi) is 10.7. The molecule has 5 nitrogen and oxygen atoms in total. The van der Waals surface area contributed by atoms with Crippen LogP contribution in [0, 0.1) is 13.8 Å². The Morgan fingerprint density at radius 1 is 0.848 bits per heavy atom. The third-order valence-corrected chi connectivity index (χ3v) is 6.55. The number of ether oxygens (including phenoxy) is 2. The smallest absolute Gasteiger partial charge is 0.243 e. The van der Waals surface area contributed by atoms with Gasteiger partial charge < -0.3 is 9.47 Å². The third-order valence-electron chi connectivity index (χ3n) is 6.55. The summed E-state index contributed by atoms with van der Waals surface area (Å²) in [4.78, 5) is 11.1. The molecule has 5 heteroatoms. The Labute approximate surface area is 199 Å². The van der Waals surface area contributed by atoms with Gasteiger partial charge in [-0.15, -0.1) is 0 Å². The number of rotatable bonds is 14. The van der Waals surface area contributed by atoms with Gasteiger partial charge in [0.25, 0.3) is 0 Å². The highest BCUT2D eigenvalue weighted by Crippen LogP contribution is 2.41. The van der Waals surface area contributed by atoms with Gasteiger partial charge in [0.1, 0.15) is 11.5 Å². The monoisotopic (exact) mass is 455 g/mol. The highest BCUT2D eigenvalue weighted by Gasteiger charge is 2.31. The molecule has 0 saturated heterocycles. The number of aryl methyl sites for hydroxylation is 2. The summed E-state index contributed by atoms with van der Waals surface area (Å²) >= 11 is 0. The molecule has 0 heterocycles. The molecule has 0 atom stereocenters. The van der Waals surface area contributed by atoms with E-state index in [2.05, 4.69) is 71.0 Å². The molecule has 33 heavy (non-hydrogen) atoms. The van der Waals surface area contributed by atoms with Crippen molar-refractivity contribution in [1.82, 2.24) is 5.48 Å². The molecule has 0 radical (unpaired) electrons. The fourth-order valence-corrected chi connectivity index (χ4v) is 4.47. The minimum absolute atomic E-state index is 0.0510. The molecule has 0 aliphatic carbocycles. The van der Waals surface area contributed by atoms with E-state index in [0.29, 0.717) is 13.0 Å². The first-order valence-corrected chi connectivity index (χ1v) is 12.3. The van der Waals surface area contributed by atoms with Crippen LogP contribution in [-0.4, -0.2) is 24.3 Å². The zero-order valence-electron chi connectivity index (χ0n) is 21.0. The number of hydroxylamine groups is 1. The van der Waals surface area contributed by atoms with Gasteiger partial charge in [-0.3, -0.25) is 10.0 Å². The van der Waals surface area contributed by atoms with Crippen molar-refractivity contribution in [2.24, 2.45) is 0 Å². The van der Waals surface area contributed by atoms with Crippen LogP contribution >= 0.6 is 0 Å². The maximum absolute atomic E-state index is 11.1. The number of nitrogens with one attached hydrogen (secondary N) is 1. The topological polar surface area (TPSA) is 67.8 Å². The summed E-state index contributed by atoms with van der Waals surface area (Å²) in [7, 11) is 0. The Hall–Kier alpha value is -2.53. The minimum atomic E-state index is -0.337. The molecular weight excluding hydrogens is 414 g/mol. The molecule has 0 aliphatic rings. The van der Waals surface area contributed by atoms with Crippen LogP contribution < -0.4 is 15.0 Å². The molecule has 2 aromatic carbocycles. The lowest BCUT2D eigenvalue weighted by Crippen LogP contribution is -2.26. The molecule has 2 N–H and O–H groups in total. The maximum atomic E-state index is 11.1. The first-order valence-electron chi connectivity index (χ1n) is 12.3. The highest BCUT2D eigenvalue weighted by molar-refractivity contribution is 5.74. The molecule has 0 spiro atoms. The van der Waals surface area contributed by atoms with Crippen LogP contribution in [0.4, 0.5) is 0 Å². The van der Waals surface area contributed by atoms with E-state index in [1.807, 2.05) is 0 Å². The van der Waals surface area contributed by atoms with E-state index in [4.69, 9.17) is 14.7 Å². The van der Waals surface area contributed by atoms with Crippen molar-refractivity contribution < 1.29 is 19.5 Å². The molecule has 2 aromatic rings. The summed E-state index contributed by atoms with van der Waals surface area (Å²) in [6.45, 7) is 12.2. The highest BCUT2D eigenvalue weighted by atomic mass is 16.5. The molecule has 182 valence electrons. The second-order valence-electron chi connectivity index (χ2n) is 8.79. The molecule has 0 fully saturated rings. The summed E-state index contributed by atoms with van der Waals surface area (Å²) in [6.07, 6.45) is 5.87. The molecule has 0 saturated carbocycles. The van der Waals surface area contributed by atoms with E-state index in [0.717, 1.165) is 62.2 Å². The molecule has 2 rings (SSSR count). The van der Waals surface area contributed by atoms with Crippen LogP contribution in [-0.2, 0) is 10.2 Å². The quantitative estimate of drug-likeness (QED) is 0.190. The van der Waals surface area contributed by atoms with Gasteiger partial charge in [0, 0.05) is 11.8 Å². The number of hydrogen-bond donors (Lipinski definition) is 2. The Morgan fingerprint density at radius 2 is 1.39 bits per heavy atom. The summed E-state index contributed by atoms with van der Waals surface area (Å²) in [6, 6.07) is 13.2.